The van der Waals surface area contributed by atoms with Crippen LogP contribution in [0, 0.1) is 5.92 Å². The maximum absolute atomic E-state index is 10.6. The van der Waals surface area contributed by atoms with Crippen molar-refractivity contribution in [1.29, 1.82) is 0 Å². The molecule has 1 N–H and O–H groups in total. The fourth-order valence-corrected chi connectivity index (χ4v) is 3.36. The number of aryl methyl sites for hydroxylation is 1. The quantitative estimate of drug-likeness (QED) is 0.888. The van der Waals surface area contributed by atoms with Crippen molar-refractivity contribution >= 4 is 0 Å². The first kappa shape index (κ1) is 12.0. The molecule has 1 aromatic carbocycles. The van der Waals surface area contributed by atoms with E-state index in [9.17, 15) is 5.11 Å². The third-order valence-electron chi connectivity index (χ3n) is 4.76. The molecule has 3 rings (SSSR count). The molecule has 98 valence electrons. The normalized spacial score (nSPS) is 30.2. The van der Waals surface area contributed by atoms with Gasteiger partial charge >= 0.3 is 0 Å². The molecule has 2 heteroatoms. The minimum Gasteiger partial charge on any atom is -0.493 e. The first-order chi connectivity index (χ1) is 8.67. The smallest absolute Gasteiger partial charge is 0.122 e. The van der Waals surface area contributed by atoms with Crippen molar-refractivity contribution in [2.75, 3.05) is 6.61 Å². The number of benzene rings is 1. The van der Waals surface area contributed by atoms with Crippen LogP contribution in [0.5, 0.6) is 5.75 Å². The predicted octanol–water partition coefficient (Wildman–Crippen LogP) is 3.11. The summed E-state index contributed by atoms with van der Waals surface area (Å²) >= 11 is 0. The van der Waals surface area contributed by atoms with Gasteiger partial charge in [0.2, 0.25) is 0 Å². The summed E-state index contributed by atoms with van der Waals surface area (Å²) in [5.41, 5.74) is 2.25. The van der Waals surface area contributed by atoms with Crippen molar-refractivity contribution in [2.45, 2.75) is 51.0 Å². The van der Waals surface area contributed by atoms with Gasteiger partial charge in [-0.25, -0.2) is 0 Å². The second-order valence-electron chi connectivity index (χ2n) is 5.94. The van der Waals surface area contributed by atoms with Gasteiger partial charge in [0.1, 0.15) is 5.75 Å². The SMILES string of the molecule is CC1CCCC1(O)CCc1ccc2c(c1)CCO2. The van der Waals surface area contributed by atoms with E-state index in [1.165, 1.54) is 24.0 Å². The maximum Gasteiger partial charge on any atom is 0.122 e. The van der Waals surface area contributed by atoms with Gasteiger partial charge in [0.25, 0.3) is 0 Å². The Morgan fingerprint density at radius 1 is 1.44 bits per heavy atom. The van der Waals surface area contributed by atoms with E-state index in [0.29, 0.717) is 5.92 Å². The minimum atomic E-state index is -0.421. The summed E-state index contributed by atoms with van der Waals surface area (Å²) in [6.45, 7) is 3.00. The van der Waals surface area contributed by atoms with Crippen molar-refractivity contribution < 1.29 is 9.84 Å². The van der Waals surface area contributed by atoms with Gasteiger partial charge in [0.05, 0.1) is 12.2 Å². The van der Waals surface area contributed by atoms with E-state index in [1.54, 1.807) is 0 Å². The highest BCUT2D eigenvalue weighted by molar-refractivity contribution is 5.39. The van der Waals surface area contributed by atoms with Crippen LogP contribution in [0.15, 0.2) is 18.2 Å². The van der Waals surface area contributed by atoms with Crippen LogP contribution in [-0.4, -0.2) is 17.3 Å². The number of rotatable bonds is 3. The summed E-state index contributed by atoms with van der Waals surface area (Å²) < 4.78 is 5.52. The molecule has 0 amide bonds. The van der Waals surface area contributed by atoms with Gasteiger partial charge in [-0.05, 0) is 48.8 Å². The summed E-state index contributed by atoms with van der Waals surface area (Å²) in [4.78, 5) is 0. The summed E-state index contributed by atoms with van der Waals surface area (Å²) in [6, 6.07) is 6.48. The Labute approximate surface area is 109 Å². The van der Waals surface area contributed by atoms with E-state index >= 15 is 0 Å². The zero-order valence-corrected chi connectivity index (χ0v) is 11.1. The first-order valence-corrected chi connectivity index (χ1v) is 7.14. The molecule has 2 nitrogen and oxygen atoms in total. The van der Waals surface area contributed by atoms with E-state index < -0.39 is 5.60 Å². The Bertz CT molecular complexity index is 441. The molecule has 1 aromatic rings. The lowest BCUT2D eigenvalue weighted by Gasteiger charge is -2.27. The van der Waals surface area contributed by atoms with Crippen molar-refractivity contribution in [3.8, 4) is 5.75 Å². The molecule has 0 bridgehead atoms. The average molecular weight is 246 g/mol. The molecular weight excluding hydrogens is 224 g/mol. The molecule has 2 atom stereocenters. The van der Waals surface area contributed by atoms with Crippen LogP contribution in [0.25, 0.3) is 0 Å². The molecule has 1 aliphatic heterocycles. The van der Waals surface area contributed by atoms with E-state index in [0.717, 1.165) is 38.0 Å². The Balaban J connectivity index is 1.66. The molecule has 1 aliphatic carbocycles. The summed E-state index contributed by atoms with van der Waals surface area (Å²) in [5.74, 6) is 1.50. The lowest BCUT2D eigenvalue weighted by atomic mass is 9.86. The Morgan fingerprint density at radius 3 is 3.11 bits per heavy atom. The molecule has 1 fully saturated rings. The van der Waals surface area contributed by atoms with Gasteiger partial charge in [-0.1, -0.05) is 25.5 Å². The van der Waals surface area contributed by atoms with Crippen molar-refractivity contribution in [3.05, 3.63) is 29.3 Å². The fourth-order valence-electron chi connectivity index (χ4n) is 3.36. The van der Waals surface area contributed by atoms with Crippen LogP contribution < -0.4 is 4.74 Å². The molecule has 0 radical (unpaired) electrons. The first-order valence-electron chi connectivity index (χ1n) is 7.14. The molecule has 0 saturated heterocycles. The zero-order chi connectivity index (χ0) is 12.6. The number of aliphatic hydroxyl groups is 1. The molecule has 2 aliphatic rings. The Kier molecular flexibility index (Phi) is 3.06. The van der Waals surface area contributed by atoms with Crippen molar-refractivity contribution in [1.82, 2.24) is 0 Å². The van der Waals surface area contributed by atoms with Gasteiger partial charge < -0.3 is 9.84 Å². The lowest BCUT2D eigenvalue weighted by Crippen LogP contribution is -2.31. The highest BCUT2D eigenvalue weighted by Gasteiger charge is 2.37. The third-order valence-corrected chi connectivity index (χ3v) is 4.76. The largest absolute Gasteiger partial charge is 0.493 e. The molecular formula is C16H22O2. The summed E-state index contributed by atoms with van der Waals surface area (Å²) in [7, 11) is 0. The Hall–Kier alpha value is -1.02. The molecule has 1 saturated carbocycles. The monoisotopic (exact) mass is 246 g/mol. The van der Waals surface area contributed by atoms with Gasteiger partial charge in [0.15, 0.2) is 0 Å². The third kappa shape index (κ3) is 2.14. The molecule has 1 heterocycles. The number of ether oxygens (including phenoxy) is 1. The van der Waals surface area contributed by atoms with Gasteiger partial charge in [-0.15, -0.1) is 0 Å². The summed E-state index contributed by atoms with van der Waals surface area (Å²) in [5, 5.41) is 10.6. The van der Waals surface area contributed by atoms with Crippen LogP contribution in [0.1, 0.15) is 43.7 Å². The van der Waals surface area contributed by atoms with Crippen LogP contribution >= 0.6 is 0 Å². The van der Waals surface area contributed by atoms with Gasteiger partial charge in [-0.3, -0.25) is 0 Å². The lowest BCUT2D eigenvalue weighted by molar-refractivity contribution is 0.00132. The molecule has 0 aromatic heterocycles. The highest BCUT2D eigenvalue weighted by atomic mass is 16.5. The van der Waals surface area contributed by atoms with E-state index in [4.69, 9.17) is 4.74 Å². The highest BCUT2D eigenvalue weighted by Crippen LogP contribution is 2.38. The second-order valence-corrected chi connectivity index (χ2v) is 5.94. The topological polar surface area (TPSA) is 29.5 Å². The van der Waals surface area contributed by atoms with Crippen LogP contribution in [-0.2, 0) is 12.8 Å². The zero-order valence-electron chi connectivity index (χ0n) is 11.1. The van der Waals surface area contributed by atoms with Crippen molar-refractivity contribution in [3.63, 3.8) is 0 Å². The number of hydrogen-bond acceptors (Lipinski definition) is 2. The second kappa shape index (κ2) is 4.58. The molecule has 18 heavy (non-hydrogen) atoms. The number of hydrogen-bond donors (Lipinski definition) is 1. The molecule has 0 spiro atoms. The van der Waals surface area contributed by atoms with Crippen LogP contribution in [0.2, 0.25) is 0 Å². The average Bonchev–Trinajstić information content (AvgIpc) is 2.95. The van der Waals surface area contributed by atoms with E-state index in [-0.39, 0.29) is 0 Å². The summed E-state index contributed by atoms with van der Waals surface area (Å²) in [6.07, 6.45) is 6.23. The van der Waals surface area contributed by atoms with E-state index in [1.807, 2.05) is 0 Å². The van der Waals surface area contributed by atoms with Gasteiger partial charge in [-0.2, -0.15) is 0 Å². The molecule has 2 unspecified atom stereocenters. The number of fused-ring (bicyclic) bond motifs is 1. The van der Waals surface area contributed by atoms with E-state index in [2.05, 4.69) is 25.1 Å². The fraction of sp³-hybridized carbons (Fsp3) is 0.625. The van der Waals surface area contributed by atoms with Crippen LogP contribution in [0.4, 0.5) is 0 Å². The maximum atomic E-state index is 10.6. The Morgan fingerprint density at radius 2 is 2.33 bits per heavy atom. The van der Waals surface area contributed by atoms with Crippen LogP contribution in [0.3, 0.4) is 0 Å². The van der Waals surface area contributed by atoms with Crippen molar-refractivity contribution in [2.24, 2.45) is 5.92 Å². The van der Waals surface area contributed by atoms with Gasteiger partial charge in [0, 0.05) is 6.42 Å². The predicted molar refractivity (Wildman–Crippen MR) is 71.9 cm³/mol. The minimum absolute atomic E-state index is 0.421. The standard InChI is InChI=1S/C16H22O2/c1-12-3-2-8-16(12,17)9-6-13-4-5-15-14(11-13)7-10-18-15/h4-5,11-12,17H,2-3,6-10H2,1H3.